The summed E-state index contributed by atoms with van der Waals surface area (Å²) < 4.78 is 10.8. The van der Waals surface area contributed by atoms with Crippen LogP contribution in [0, 0.1) is 6.92 Å². The number of hydrogen-bond donors (Lipinski definition) is 3. The van der Waals surface area contributed by atoms with E-state index in [0.29, 0.717) is 34.0 Å². The number of rotatable bonds is 12. The lowest BCUT2D eigenvalue weighted by Crippen LogP contribution is -2.30. The van der Waals surface area contributed by atoms with Crippen LogP contribution in [0.5, 0.6) is 0 Å². The first-order valence-electron chi connectivity index (χ1n) is 16.6. The van der Waals surface area contributed by atoms with Crippen molar-refractivity contribution in [3.63, 3.8) is 0 Å². The van der Waals surface area contributed by atoms with Gasteiger partial charge in [0.2, 0.25) is 5.91 Å². The van der Waals surface area contributed by atoms with E-state index in [1.54, 1.807) is 84.9 Å². The van der Waals surface area contributed by atoms with Gasteiger partial charge in [-0.15, -0.1) is 11.8 Å². The maximum Gasteiger partial charge on any atom is 0.337 e. The predicted molar refractivity (Wildman–Crippen MR) is 207 cm³/mol. The van der Waals surface area contributed by atoms with E-state index in [4.69, 9.17) is 9.15 Å². The second-order valence-corrected chi connectivity index (χ2v) is 13.1. The zero-order valence-electron chi connectivity index (χ0n) is 28.9. The average molecular weight is 722 g/mol. The third-order valence-electron chi connectivity index (χ3n) is 8.06. The van der Waals surface area contributed by atoms with Gasteiger partial charge < -0.3 is 25.1 Å². The SMILES string of the molecule is COC(=O)c1ccc(NC(=O)[C@H](Sc2ccc(NC(=O)/C(=C/c3ccc(-c4ccc(C)cc4)o3)NC(=O)c3ccccc3)cc2)c2ccccc2)cc1. The highest BCUT2D eigenvalue weighted by Crippen LogP contribution is 2.37. The van der Waals surface area contributed by atoms with Gasteiger partial charge in [0.25, 0.3) is 11.8 Å². The average Bonchev–Trinajstić information content (AvgIpc) is 3.66. The Kier molecular flexibility index (Phi) is 11.6. The number of thioether (sulfide) groups is 1. The van der Waals surface area contributed by atoms with Crippen molar-refractivity contribution in [2.24, 2.45) is 0 Å². The van der Waals surface area contributed by atoms with E-state index >= 15 is 0 Å². The molecule has 1 aromatic heterocycles. The summed E-state index contributed by atoms with van der Waals surface area (Å²) in [5.74, 6) is -0.712. The number of methoxy groups -OCH3 is 1. The number of esters is 1. The molecule has 0 radical (unpaired) electrons. The maximum atomic E-state index is 13.7. The summed E-state index contributed by atoms with van der Waals surface area (Å²) >= 11 is 1.34. The van der Waals surface area contributed by atoms with Crippen molar-refractivity contribution in [3.05, 3.63) is 179 Å². The van der Waals surface area contributed by atoms with Crippen LogP contribution in [0.15, 0.2) is 161 Å². The fourth-order valence-corrected chi connectivity index (χ4v) is 6.28. The third kappa shape index (κ3) is 9.57. The smallest absolute Gasteiger partial charge is 0.337 e. The molecule has 1 heterocycles. The minimum Gasteiger partial charge on any atom is -0.465 e. The number of amides is 3. The Morgan fingerprint density at radius 2 is 1.30 bits per heavy atom. The number of ether oxygens (including phenoxy) is 1. The van der Waals surface area contributed by atoms with Crippen molar-refractivity contribution in [1.29, 1.82) is 0 Å². The molecule has 264 valence electrons. The molecule has 1 atom stereocenters. The first-order valence-corrected chi connectivity index (χ1v) is 17.5. The zero-order valence-corrected chi connectivity index (χ0v) is 29.7. The molecule has 3 amide bonds. The van der Waals surface area contributed by atoms with Crippen LogP contribution in [-0.2, 0) is 14.3 Å². The van der Waals surface area contributed by atoms with Gasteiger partial charge >= 0.3 is 5.97 Å². The molecule has 53 heavy (non-hydrogen) atoms. The molecule has 0 aliphatic heterocycles. The lowest BCUT2D eigenvalue weighted by Gasteiger charge is -2.18. The Hall–Kier alpha value is -6.65. The van der Waals surface area contributed by atoms with Crippen LogP contribution in [-0.4, -0.2) is 30.8 Å². The highest BCUT2D eigenvalue weighted by molar-refractivity contribution is 8.00. The number of carbonyl (C=O) groups excluding carboxylic acids is 4. The van der Waals surface area contributed by atoms with Gasteiger partial charge in [-0.3, -0.25) is 14.4 Å². The summed E-state index contributed by atoms with van der Waals surface area (Å²) in [5, 5.41) is 7.92. The monoisotopic (exact) mass is 721 g/mol. The van der Waals surface area contributed by atoms with E-state index < -0.39 is 23.0 Å². The van der Waals surface area contributed by atoms with E-state index in [1.165, 1.54) is 24.9 Å². The van der Waals surface area contributed by atoms with E-state index in [1.807, 2.05) is 67.6 Å². The summed E-state index contributed by atoms with van der Waals surface area (Å²) in [6, 6.07) is 43.0. The van der Waals surface area contributed by atoms with Gasteiger partial charge in [-0.05, 0) is 85.3 Å². The van der Waals surface area contributed by atoms with Gasteiger partial charge in [0, 0.05) is 33.5 Å². The van der Waals surface area contributed by atoms with Crippen LogP contribution in [0.1, 0.15) is 42.9 Å². The van der Waals surface area contributed by atoms with Crippen LogP contribution in [0.2, 0.25) is 0 Å². The molecule has 0 aliphatic carbocycles. The van der Waals surface area contributed by atoms with Gasteiger partial charge in [-0.25, -0.2) is 4.79 Å². The Bertz CT molecular complexity index is 2230. The van der Waals surface area contributed by atoms with Crippen molar-refractivity contribution in [1.82, 2.24) is 5.32 Å². The second-order valence-electron chi connectivity index (χ2n) is 11.9. The first-order chi connectivity index (χ1) is 25.7. The largest absolute Gasteiger partial charge is 0.465 e. The Labute approximate surface area is 311 Å². The normalized spacial score (nSPS) is 11.6. The molecule has 0 saturated heterocycles. The number of hydrogen-bond acceptors (Lipinski definition) is 7. The Morgan fingerprint density at radius 3 is 1.96 bits per heavy atom. The summed E-state index contributed by atoms with van der Waals surface area (Å²) in [6.45, 7) is 2.01. The predicted octanol–water partition coefficient (Wildman–Crippen LogP) is 8.92. The second kappa shape index (κ2) is 17.0. The highest BCUT2D eigenvalue weighted by Gasteiger charge is 2.23. The van der Waals surface area contributed by atoms with Gasteiger partial charge in [0.15, 0.2) is 0 Å². The number of benzene rings is 5. The van der Waals surface area contributed by atoms with Crippen molar-refractivity contribution >= 4 is 52.9 Å². The maximum absolute atomic E-state index is 13.7. The molecular formula is C43H35N3O6S. The summed E-state index contributed by atoms with van der Waals surface area (Å²) in [4.78, 5) is 53.0. The molecule has 0 bridgehead atoms. The van der Waals surface area contributed by atoms with E-state index in [-0.39, 0.29) is 11.6 Å². The minimum absolute atomic E-state index is 0.0115. The summed E-state index contributed by atoms with van der Waals surface area (Å²) in [7, 11) is 1.31. The molecule has 0 fully saturated rings. The van der Waals surface area contributed by atoms with Crippen LogP contribution < -0.4 is 16.0 Å². The van der Waals surface area contributed by atoms with Gasteiger partial charge in [0.1, 0.15) is 22.5 Å². The van der Waals surface area contributed by atoms with Crippen LogP contribution in [0.3, 0.4) is 0 Å². The molecule has 0 saturated carbocycles. The lowest BCUT2D eigenvalue weighted by molar-refractivity contribution is -0.116. The van der Waals surface area contributed by atoms with Crippen molar-refractivity contribution in [2.75, 3.05) is 17.7 Å². The number of nitrogens with one attached hydrogen (secondary N) is 3. The Morgan fingerprint density at radius 1 is 0.679 bits per heavy atom. The van der Waals surface area contributed by atoms with Crippen LogP contribution in [0.25, 0.3) is 17.4 Å². The number of carbonyl (C=O) groups is 4. The fraction of sp³-hybridized carbons (Fsp3) is 0.0698. The quantitative estimate of drug-likeness (QED) is 0.0655. The lowest BCUT2D eigenvalue weighted by atomic mass is 10.1. The molecular weight excluding hydrogens is 687 g/mol. The Balaban J connectivity index is 1.18. The first kappa shape index (κ1) is 36.2. The molecule has 9 nitrogen and oxygen atoms in total. The topological polar surface area (TPSA) is 127 Å². The van der Waals surface area contributed by atoms with Gasteiger partial charge in [-0.2, -0.15) is 0 Å². The highest BCUT2D eigenvalue weighted by atomic mass is 32.2. The van der Waals surface area contributed by atoms with Crippen LogP contribution >= 0.6 is 11.8 Å². The van der Waals surface area contributed by atoms with E-state index in [9.17, 15) is 19.2 Å². The molecule has 0 unspecified atom stereocenters. The van der Waals surface area contributed by atoms with Crippen molar-refractivity contribution in [3.8, 4) is 11.3 Å². The molecule has 10 heteroatoms. The minimum atomic E-state index is -0.613. The van der Waals surface area contributed by atoms with E-state index in [2.05, 4.69) is 16.0 Å². The molecule has 3 N–H and O–H groups in total. The molecule has 6 aromatic rings. The third-order valence-corrected chi connectivity index (χ3v) is 9.32. The fourth-order valence-electron chi connectivity index (χ4n) is 5.26. The van der Waals surface area contributed by atoms with E-state index in [0.717, 1.165) is 21.6 Å². The van der Waals surface area contributed by atoms with Crippen LogP contribution in [0.4, 0.5) is 11.4 Å². The molecule has 6 rings (SSSR count). The number of anilines is 2. The van der Waals surface area contributed by atoms with Crippen molar-refractivity contribution < 1.29 is 28.3 Å². The van der Waals surface area contributed by atoms with Gasteiger partial charge in [0.05, 0.1) is 12.7 Å². The number of furan rings is 1. The summed E-state index contributed by atoms with van der Waals surface area (Å²) in [6.07, 6.45) is 1.49. The standard InChI is InChI=1S/C43H35N3O6S/c1-28-13-15-29(16-14-28)38-26-23-35(52-38)27-37(46-40(47)31-11-7-4-8-12-31)41(48)44-34-21-24-36(25-22-34)53-39(30-9-5-3-6-10-30)42(49)45-33-19-17-32(18-20-33)43(50)51-2/h3-27,39H,1-2H3,(H,44,48)(H,45,49)(H,46,47)/b37-27-/t39-/m1/s1. The molecule has 5 aromatic carbocycles. The molecule has 0 spiro atoms. The molecule has 0 aliphatic rings. The number of aryl methyl sites for hydroxylation is 1. The summed E-state index contributed by atoms with van der Waals surface area (Å²) in [5.41, 5.74) is 4.57. The van der Waals surface area contributed by atoms with Gasteiger partial charge in [-0.1, -0.05) is 78.4 Å². The van der Waals surface area contributed by atoms with Crippen molar-refractivity contribution in [2.45, 2.75) is 17.1 Å². The zero-order chi connectivity index (χ0) is 37.2.